The fourth-order valence-electron chi connectivity index (χ4n) is 2.37. The SMILES string of the molecule is Cn1cc(CNC2CC2)c(-c2ccccc2C(F)(F)F)n1. The Hall–Kier alpha value is -1.82. The standard InChI is InChI=1S/C15H16F3N3/c1-21-9-10(8-19-11-6-7-11)14(20-21)12-4-2-3-5-13(12)15(16,17)18/h2-5,9,11,19H,6-8H2,1H3. The second-order valence-electron chi connectivity index (χ2n) is 5.38. The molecular formula is C15H16F3N3. The Morgan fingerprint density at radius 2 is 2.00 bits per heavy atom. The largest absolute Gasteiger partial charge is 0.417 e. The summed E-state index contributed by atoms with van der Waals surface area (Å²) in [5.41, 5.74) is 0.689. The summed E-state index contributed by atoms with van der Waals surface area (Å²) in [7, 11) is 1.72. The van der Waals surface area contributed by atoms with E-state index in [0.29, 0.717) is 18.3 Å². The van der Waals surface area contributed by atoms with Gasteiger partial charge in [0.1, 0.15) is 0 Å². The van der Waals surface area contributed by atoms with E-state index >= 15 is 0 Å². The van der Waals surface area contributed by atoms with Crippen molar-refractivity contribution in [3.05, 3.63) is 41.6 Å². The first-order chi connectivity index (χ1) is 9.95. The maximum Gasteiger partial charge on any atom is 0.417 e. The van der Waals surface area contributed by atoms with Crippen LogP contribution in [0, 0.1) is 0 Å². The predicted molar refractivity (Wildman–Crippen MR) is 73.5 cm³/mol. The van der Waals surface area contributed by atoms with E-state index in [4.69, 9.17) is 0 Å². The average molecular weight is 295 g/mol. The monoisotopic (exact) mass is 295 g/mol. The van der Waals surface area contributed by atoms with Crippen molar-refractivity contribution >= 4 is 0 Å². The molecule has 1 N–H and O–H groups in total. The first-order valence-electron chi connectivity index (χ1n) is 6.87. The van der Waals surface area contributed by atoms with Gasteiger partial charge in [-0.2, -0.15) is 18.3 Å². The molecule has 0 aliphatic heterocycles. The minimum Gasteiger partial charge on any atom is -0.310 e. The van der Waals surface area contributed by atoms with E-state index in [1.54, 1.807) is 24.0 Å². The van der Waals surface area contributed by atoms with Gasteiger partial charge in [-0.05, 0) is 18.9 Å². The average Bonchev–Trinajstić information content (AvgIpc) is 3.18. The van der Waals surface area contributed by atoms with E-state index in [9.17, 15) is 13.2 Å². The van der Waals surface area contributed by atoms with Crippen LogP contribution in [0.5, 0.6) is 0 Å². The zero-order valence-corrected chi connectivity index (χ0v) is 11.6. The molecule has 1 aliphatic carbocycles. The summed E-state index contributed by atoms with van der Waals surface area (Å²) in [6.07, 6.45) is -0.337. The third-order valence-corrected chi connectivity index (χ3v) is 3.55. The van der Waals surface area contributed by atoms with Crippen LogP contribution in [0.1, 0.15) is 24.0 Å². The normalized spacial score (nSPS) is 15.4. The number of alkyl halides is 3. The van der Waals surface area contributed by atoms with Crippen molar-refractivity contribution in [3.8, 4) is 11.3 Å². The van der Waals surface area contributed by atoms with E-state index in [-0.39, 0.29) is 5.56 Å². The van der Waals surface area contributed by atoms with E-state index < -0.39 is 11.7 Å². The molecule has 0 atom stereocenters. The second-order valence-corrected chi connectivity index (χ2v) is 5.38. The van der Waals surface area contributed by atoms with Gasteiger partial charge in [0.05, 0.1) is 11.3 Å². The molecule has 3 rings (SSSR count). The predicted octanol–water partition coefficient (Wildman–Crippen LogP) is 3.36. The molecule has 0 spiro atoms. The quantitative estimate of drug-likeness (QED) is 0.937. The molecule has 0 radical (unpaired) electrons. The highest BCUT2D eigenvalue weighted by Crippen LogP contribution is 2.37. The van der Waals surface area contributed by atoms with Crippen LogP contribution in [-0.4, -0.2) is 15.8 Å². The number of halogens is 3. The van der Waals surface area contributed by atoms with Crippen LogP contribution in [0.2, 0.25) is 0 Å². The van der Waals surface area contributed by atoms with Crippen LogP contribution >= 0.6 is 0 Å². The zero-order valence-electron chi connectivity index (χ0n) is 11.6. The molecule has 1 saturated carbocycles. The van der Waals surface area contributed by atoms with Gasteiger partial charge in [-0.15, -0.1) is 0 Å². The lowest BCUT2D eigenvalue weighted by Crippen LogP contribution is -2.15. The number of aromatic nitrogens is 2. The molecule has 0 unspecified atom stereocenters. The van der Waals surface area contributed by atoms with Gasteiger partial charge in [0.15, 0.2) is 0 Å². The molecule has 21 heavy (non-hydrogen) atoms. The minimum atomic E-state index is -4.38. The number of nitrogens with zero attached hydrogens (tertiary/aromatic N) is 2. The molecule has 1 aromatic carbocycles. The van der Waals surface area contributed by atoms with Crippen LogP contribution in [0.25, 0.3) is 11.3 Å². The van der Waals surface area contributed by atoms with Crippen molar-refractivity contribution in [2.24, 2.45) is 7.05 Å². The molecule has 0 bridgehead atoms. The van der Waals surface area contributed by atoms with Gasteiger partial charge in [0, 0.05) is 37.0 Å². The van der Waals surface area contributed by atoms with Crippen molar-refractivity contribution in [1.82, 2.24) is 15.1 Å². The van der Waals surface area contributed by atoms with E-state index in [1.165, 1.54) is 12.1 Å². The Kier molecular flexibility index (Phi) is 3.49. The van der Waals surface area contributed by atoms with Crippen LogP contribution < -0.4 is 5.32 Å². The van der Waals surface area contributed by atoms with Crippen molar-refractivity contribution < 1.29 is 13.2 Å². The molecule has 1 aliphatic rings. The van der Waals surface area contributed by atoms with Gasteiger partial charge in [0.2, 0.25) is 0 Å². The van der Waals surface area contributed by atoms with E-state index in [2.05, 4.69) is 10.4 Å². The van der Waals surface area contributed by atoms with Gasteiger partial charge < -0.3 is 5.32 Å². The summed E-state index contributed by atoms with van der Waals surface area (Å²) < 4.78 is 41.0. The number of aryl methyl sites for hydroxylation is 1. The van der Waals surface area contributed by atoms with Gasteiger partial charge >= 0.3 is 6.18 Å². The molecule has 1 aromatic heterocycles. The Balaban J connectivity index is 1.99. The maximum atomic E-state index is 13.1. The Labute approximate surface area is 120 Å². The fourth-order valence-corrected chi connectivity index (χ4v) is 2.37. The lowest BCUT2D eigenvalue weighted by Gasteiger charge is -2.12. The third-order valence-electron chi connectivity index (χ3n) is 3.55. The van der Waals surface area contributed by atoms with Gasteiger partial charge in [0.25, 0.3) is 0 Å². The van der Waals surface area contributed by atoms with Crippen molar-refractivity contribution in [3.63, 3.8) is 0 Å². The molecule has 2 aromatic rings. The number of benzene rings is 1. The fraction of sp³-hybridized carbons (Fsp3) is 0.400. The Morgan fingerprint density at radius 3 is 2.67 bits per heavy atom. The van der Waals surface area contributed by atoms with Gasteiger partial charge in [-0.3, -0.25) is 4.68 Å². The van der Waals surface area contributed by atoms with E-state index in [1.807, 2.05) is 0 Å². The zero-order chi connectivity index (χ0) is 15.0. The maximum absolute atomic E-state index is 13.1. The Morgan fingerprint density at radius 1 is 1.29 bits per heavy atom. The third kappa shape index (κ3) is 3.10. The van der Waals surface area contributed by atoms with Gasteiger partial charge in [-0.1, -0.05) is 18.2 Å². The number of nitrogens with one attached hydrogen (secondary N) is 1. The van der Waals surface area contributed by atoms with Crippen LogP contribution in [0.15, 0.2) is 30.5 Å². The minimum absolute atomic E-state index is 0.137. The molecule has 0 saturated heterocycles. The molecular weight excluding hydrogens is 279 g/mol. The van der Waals surface area contributed by atoms with Crippen LogP contribution in [0.4, 0.5) is 13.2 Å². The first-order valence-corrected chi connectivity index (χ1v) is 6.87. The first kappa shape index (κ1) is 14.1. The van der Waals surface area contributed by atoms with Crippen LogP contribution in [0.3, 0.4) is 0 Å². The van der Waals surface area contributed by atoms with Crippen LogP contribution in [-0.2, 0) is 19.8 Å². The summed E-state index contributed by atoms with van der Waals surface area (Å²) in [5.74, 6) is 0. The van der Waals surface area contributed by atoms with Crippen molar-refractivity contribution in [1.29, 1.82) is 0 Å². The smallest absolute Gasteiger partial charge is 0.310 e. The molecule has 1 heterocycles. The number of hydrogen-bond acceptors (Lipinski definition) is 2. The summed E-state index contributed by atoms with van der Waals surface area (Å²) >= 11 is 0. The lowest BCUT2D eigenvalue weighted by molar-refractivity contribution is -0.137. The summed E-state index contributed by atoms with van der Waals surface area (Å²) in [6, 6.07) is 6.08. The topological polar surface area (TPSA) is 29.9 Å². The second kappa shape index (κ2) is 5.18. The molecule has 112 valence electrons. The molecule has 0 amide bonds. The molecule has 6 heteroatoms. The van der Waals surface area contributed by atoms with E-state index in [0.717, 1.165) is 24.5 Å². The highest BCUT2D eigenvalue weighted by molar-refractivity contribution is 5.67. The summed E-state index contributed by atoms with van der Waals surface area (Å²) in [4.78, 5) is 0. The molecule has 3 nitrogen and oxygen atoms in total. The van der Waals surface area contributed by atoms with Gasteiger partial charge in [-0.25, -0.2) is 0 Å². The highest BCUT2D eigenvalue weighted by atomic mass is 19.4. The Bertz CT molecular complexity index is 642. The van der Waals surface area contributed by atoms with Crippen molar-refractivity contribution in [2.75, 3.05) is 0 Å². The number of rotatable bonds is 4. The molecule has 1 fully saturated rings. The number of hydrogen-bond donors (Lipinski definition) is 1. The highest BCUT2D eigenvalue weighted by Gasteiger charge is 2.34. The summed E-state index contributed by atoms with van der Waals surface area (Å²) in [6.45, 7) is 0.542. The van der Waals surface area contributed by atoms with Crippen molar-refractivity contribution in [2.45, 2.75) is 31.6 Å². The summed E-state index contributed by atoms with van der Waals surface area (Å²) in [5, 5.41) is 7.55. The lowest BCUT2D eigenvalue weighted by atomic mass is 10.0.